The number of carbonyl (C=O) groups excluding carboxylic acids is 1. The van der Waals surface area contributed by atoms with E-state index in [9.17, 15) is 4.79 Å². The van der Waals surface area contributed by atoms with E-state index in [4.69, 9.17) is 0 Å². The molecule has 1 spiro atoms. The average Bonchev–Trinajstić information content (AvgIpc) is 2.92. The van der Waals surface area contributed by atoms with Crippen molar-refractivity contribution in [1.82, 2.24) is 15.5 Å². The third-order valence-electron chi connectivity index (χ3n) is 5.82. The van der Waals surface area contributed by atoms with Crippen LogP contribution in [0.15, 0.2) is 0 Å². The average molecular weight is 279 g/mol. The van der Waals surface area contributed by atoms with Crippen molar-refractivity contribution in [3.05, 3.63) is 0 Å². The number of nitrogens with zero attached hydrogens (tertiary/aromatic N) is 1. The fourth-order valence-electron chi connectivity index (χ4n) is 4.20. The molecule has 1 saturated heterocycles. The smallest absolute Gasteiger partial charge is 0.223 e. The maximum Gasteiger partial charge on any atom is 0.223 e. The molecule has 3 rings (SSSR count). The van der Waals surface area contributed by atoms with Gasteiger partial charge >= 0.3 is 0 Å². The van der Waals surface area contributed by atoms with Crippen LogP contribution in [0.25, 0.3) is 0 Å². The lowest BCUT2D eigenvalue weighted by Gasteiger charge is -2.25. The Hall–Kier alpha value is -0.610. The van der Waals surface area contributed by atoms with Crippen molar-refractivity contribution in [2.45, 2.75) is 51.0 Å². The fourth-order valence-corrected chi connectivity index (χ4v) is 4.20. The summed E-state index contributed by atoms with van der Waals surface area (Å²) in [7, 11) is 2.20. The van der Waals surface area contributed by atoms with Crippen LogP contribution in [0.4, 0.5) is 0 Å². The molecule has 1 amide bonds. The Balaban J connectivity index is 1.35. The van der Waals surface area contributed by atoms with Gasteiger partial charge in [0.1, 0.15) is 0 Å². The van der Waals surface area contributed by atoms with E-state index in [0.29, 0.717) is 17.2 Å². The van der Waals surface area contributed by atoms with E-state index < -0.39 is 0 Å². The highest BCUT2D eigenvalue weighted by Gasteiger charge is 2.57. The molecule has 0 aromatic carbocycles. The summed E-state index contributed by atoms with van der Waals surface area (Å²) >= 11 is 0. The number of nitrogens with one attached hydrogen (secondary N) is 2. The normalized spacial score (nSPS) is 29.0. The molecule has 1 aliphatic heterocycles. The van der Waals surface area contributed by atoms with Crippen molar-refractivity contribution in [2.75, 3.05) is 33.2 Å². The van der Waals surface area contributed by atoms with Crippen LogP contribution < -0.4 is 10.6 Å². The monoisotopic (exact) mass is 279 g/mol. The maximum absolute atomic E-state index is 12.2. The minimum Gasteiger partial charge on any atom is -0.355 e. The minimum absolute atomic E-state index is 0.307. The second-order valence-corrected chi connectivity index (χ2v) is 7.08. The van der Waals surface area contributed by atoms with Crippen LogP contribution in [-0.2, 0) is 4.79 Å². The third kappa shape index (κ3) is 3.01. The van der Waals surface area contributed by atoms with Crippen LogP contribution >= 0.6 is 0 Å². The molecule has 3 aliphatic rings. The van der Waals surface area contributed by atoms with E-state index >= 15 is 0 Å². The summed E-state index contributed by atoms with van der Waals surface area (Å²) in [5.74, 6) is 0.619. The van der Waals surface area contributed by atoms with Gasteiger partial charge in [-0.1, -0.05) is 12.8 Å². The zero-order valence-corrected chi connectivity index (χ0v) is 12.8. The first-order valence-electron chi connectivity index (χ1n) is 8.40. The van der Waals surface area contributed by atoms with Gasteiger partial charge in [0.2, 0.25) is 5.91 Å². The molecule has 1 heterocycles. The second kappa shape index (κ2) is 6.02. The van der Waals surface area contributed by atoms with Crippen LogP contribution in [0.1, 0.15) is 44.9 Å². The molecule has 1 unspecified atom stereocenters. The first-order valence-corrected chi connectivity index (χ1v) is 8.40. The van der Waals surface area contributed by atoms with Crippen LogP contribution in [0, 0.1) is 11.3 Å². The Morgan fingerprint density at radius 2 is 2.00 bits per heavy atom. The van der Waals surface area contributed by atoms with Crippen molar-refractivity contribution in [3.8, 4) is 0 Å². The lowest BCUT2D eigenvalue weighted by molar-refractivity contribution is -0.123. The molecule has 1 atom stereocenters. The van der Waals surface area contributed by atoms with Crippen molar-refractivity contribution < 1.29 is 4.79 Å². The van der Waals surface area contributed by atoms with E-state index in [1.54, 1.807) is 0 Å². The molecule has 4 nitrogen and oxygen atoms in total. The van der Waals surface area contributed by atoms with Gasteiger partial charge in [-0.2, -0.15) is 0 Å². The van der Waals surface area contributed by atoms with Gasteiger partial charge in [0.25, 0.3) is 0 Å². The summed E-state index contributed by atoms with van der Waals surface area (Å²) in [6, 6.07) is 0.753. The number of amides is 1. The zero-order chi connectivity index (χ0) is 14.0. The summed E-state index contributed by atoms with van der Waals surface area (Å²) < 4.78 is 0. The highest BCUT2D eigenvalue weighted by Crippen LogP contribution is 2.58. The summed E-state index contributed by atoms with van der Waals surface area (Å²) in [6.07, 6.45) is 8.92. The van der Waals surface area contributed by atoms with Gasteiger partial charge in [-0.05, 0) is 57.7 Å². The van der Waals surface area contributed by atoms with Crippen LogP contribution in [-0.4, -0.2) is 50.1 Å². The molecule has 2 aliphatic carbocycles. The largest absolute Gasteiger partial charge is 0.355 e. The molecule has 4 heteroatoms. The molecule has 0 bridgehead atoms. The van der Waals surface area contributed by atoms with Crippen LogP contribution in [0.3, 0.4) is 0 Å². The standard InChI is InChI=1S/C16H29N3O/c1-19(13-4-2-3-5-13)11-10-18-15(20)14-12-16(14)6-8-17-9-7-16/h13-14,17H,2-12H2,1H3,(H,18,20). The molecule has 114 valence electrons. The predicted octanol–water partition coefficient (Wildman–Crippen LogP) is 1.37. The molecule has 0 radical (unpaired) electrons. The second-order valence-electron chi connectivity index (χ2n) is 7.08. The van der Waals surface area contributed by atoms with Crippen molar-refractivity contribution in [2.24, 2.45) is 11.3 Å². The first kappa shape index (κ1) is 14.3. The number of rotatable bonds is 5. The molecule has 3 fully saturated rings. The Kier molecular flexibility index (Phi) is 4.32. The summed E-state index contributed by atoms with van der Waals surface area (Å²) in [6.45, 7) is 4.00. The van der Waals surface area contributed by atoms with E-state index in [0.717, 1.165) is 38.6 Å². The van der Waals surface area contributed by atoms with Gasteiger partial charge in [-0.25, -0.2) is 0 Å². The van der Waals surface area contributed by atoms with Gasteiger partial charge in [0.15, 0.2) is 0 Å². The lowest BCUT2D eigenvalue weighted by Crippen LogP contribution is -2.39. The van der Waals surface area contributed by atoms with E-state index in [1.807, 2.05) is 0 Å². The third-order valence-corrected chi connectivity index (χ3v) is 5.82. The summed E-state index contributed by atoms with van der Waals surface area (Å²) in [5.41, 5.74) is 0.368. The van der Waals surface area contributed by atoms with Gasteiger partial charge in [-0.15, -0.1) is 0 Å². The molecule has 2 N–H and O–H groups in total. The highest BCUT2D eigenvalue weighted by molar-refractivity contribution is 5.82. The van der Waals surface area contributed by atoms with E-state index in [1.165, 1.54) is 38.5 Å². The SMILES string of the molecule is CN(CCNC(=O)C1CC12CCNCC2)C1CCCC1. The van der Waals surface area contributed by atoms with E-state index in [-0.39, 0.29) is 0 Å². The molecule has 2 saturated carbocycles. The highest BCUT2D eigenvalue weighted by atomic mass is 16.2. The van der Waals surface area contributed by atoms with Gasteiger partial charge in [0, 0.05) is 25.0 Å². The molecule has 0 aromatic heterocycles. The van der Waals surface area contributed by atoms with Crippen LogP contribution in [0.5, 0.6) is 0 Å². The Labute approximate surface area is 122 Å². The van der Waals surface area contributed by atoms with Crippen molar-refractivity contribution >= 4 is 5.91 Å². The summed E-state index contributed by atoms with van der Waals surface area (Å²) in [4.78, 5) is 14.7. The quantitative estimate of drug-likeness (QED) is 0.799. The van der Waals surface area contributed by atoms with Crippen LogP contribution in [0.2, 0.25) is 0 Å². The molecular formula is C16H29N3O. The number of likely N-dealkylation sites (N-methyl/N-ethyl adjacent to an activating group) is 1. The Morgan fingerprint density at radius 1 is 1.30 bits per heavy atom. The Morgan fingerprint density at radius 3 is 2.70 bits per heavy atom. The number of carbonyl (C=O) groups is 1. The van der Waals surface area contributed by atoms with E-state index in [2.05, 4.69) is 22.6 Å². The lowest BCUT2D eigenvalue weighted by atomic mass is 9.92. The van der Waals surface area contributed by atoms with Crippen molar-refractivity contribution in [3.63, 3.8) is 0 Å². The maximum atomic E-state index is 12.2. The first-order chi connectivity index (χ1) is 9.71. The minimum atomic E-state index is 0.307. The van der Waals surface area contributed by atoms with Gasteiger partial charge < -0.3 is 15.5 Å². The van der Waals surface area contributed by atoms with Crippen molar-refractivity contribution in [1.29, 1.82) is 0 Å². The topological polar surface area (TPSA) is 44.4 Å². The molecule has 0 aromatic rings. The van der Waals surface area contributed by atoms with Gasteiger partial charge in [0.05, 0.1) is 0 Å². The number of hydrogen-bond donors (Lipinski definition) is 2. The predicted molar refractivity (Wildman–Crippen MR) is 80.5 cm³/mol. The zero-order valence-electron chi connectivity index (χ0n) is 12.8. The summed E-state index contributed by atoms with van der Waals surface area (Å²) in [5, 5.41) is 6.56. The fraction of sp³-hybridized carbons (Fsp3) is 0.938. The Bertz CT molecular complexity index is 346. The molecular weight excluding hydrogens is 250 g/mol. The van der Waals surface area contributed by atoms with Gasteiger partial charge in [-0.3, -0.25) is 4.79 Å². The molecule has 20 heavy (non-hydrogen) atoms. The number of piperidine rings is 1. The number of hydrogen-bond acceptors (Lipinski definition) is 3.